The molecule has 0 radical (unpaired) electrons. The Hall–Kier alpha value is -2.07. The van der Waals surface area contributed by atoms with Crippen LogP contribution in [0.4, 0.5) is 0 Å². The van der Waals surface area contributed by atoms with E-state index in [0.717, 1.165) is 39.0 Å². The summed E-state index contributed by atoms with van der Waals surface area (Å²) in [5.74, 6) is 0.000389. The van der Waals surface area contributed by atoms with Gasteiger partial charge in [-0.1, -0.05) is 55.5 Å². The molecule has 0 aromatic heterocycles. The Morgan fingerprint density at radius 2 is 2.03 bits per heavy atom. The van der Waals surface area contributed by atoms with Crippen molar-refractivity contribution in [3.63, 3.8) is 0 Å². The minimum atomic E-state index is -0.236. The predicted molar refractivity (Wildman–Crippen MR) is 127 cm³/mol. The first-order chi connectivity index (χ1) is 15.0. The van der Waals surface area contributed by atoms with Crippen LogP contribution in [0.5, 0.6) is 0 Å². The van der Waals surface area contributed by atoms with Crippen LogP contribution in [0.2, 0.25) is 0 Å². The van der Waals surface area contributed by atoms with Crippen molar-refractivity contribution in [3.05, 3.63) is 54.1 Å². The van der Waals surface area contributed by atoms with Gasteiger partial charge in [-0.2, -0.15) is 5.26 Å². The minimum absolute atomic E-state index is 0.000389. The number of amides is 1. The Bertz CT molecular complexity index is 881. The highest BCUT2D eigenvalue weighted by molar-refractivity contribution is 8.02. The van der Waals surface area contributed by atoms with Gasteiger partial charge in [-0.3, -0.25) is 9.69 Å². The van der Waals surface area contributed by atoms with Crippen LogP contribution in [0.15, 0.2) is 48.6 Å². The van der Waals surface area contributed by atoms with Gasteiger partial charge in [-0.15, -0.1) is 11.8 Å². The maximum atomic E-state index is 13.0. The highest BCUT2D eigenvalue weighted by Crippen LogP contribution is 2.53. The largest absolute Gasteiger partial charge is 0.342 e. The van der Waals surface area contributed by atoms with E-state index >= 15 is 0 Å². The fourth-order valence-corrected chi connectivity index (χ4v) is 6.26. The number of rotatable bonds is 8. The quantitative estimate of drug-likeness (QED) is 0.610. The number of allylic oxidation sites excluding steroid dienone is 2. The van der Waals surface area contributed by atoms with Gasteiger partial charge in [0.2, 0.25) is 5.91 Å². The number of nitrogens with one attached hydrogen (secondary N) is 2. The molecule has 1 saturated carbocycles. The van der Waals surface area contributed by atoms with Gasteiger partial charge in [0, 0.05) is 26.2 Å². The monoisotopic (exact) mass is 436 g/mol. The van der Waals surface area contributed by atoms with Crippen LogP contribution in [0.25, 0.3) is 5.57 Å². The van der Waals surface area contributed by atoms with Crippen molar-refractivity contribution in [2.75, 3.05) is 32.7 Å². The number of hydrogen-bond donors (Lipinski definition) is 2. The molecule has 1 saturated heterocycles. The third-order valence-electron chi connectivity index (χ3n) is 6.66. The molecule has 31 heavy (non-hydrogen) atoms. The molecular formula is C25H32N4OS. The summed E-state index contributed by atoms with van der Waals surface area (Å²) in [4.78, 5) is 15.3. The Kier molecular flexibility index (Phi) is 6.86. The van der Waals surface area contributed by atoms with Gasteiger partial charge in [0.25, 0.3) is 0 Å². The highest BCUT2D eigenvalue weighted by Gasteiger charge is 2.45. The van der Waals surface area contributed by atoms with Gasteiger partial charge in [0.1, 0.15) is 6.54 Å². The second-order valence-electron chi connectivity index (χ2n) is 9.14. The van der Waals surface area contributed by atoms with Gasteiger partial charge < -0.3 is 10.6 Å². The molecule has 2 atom stereocenters. The Labute approximate surface area is 190 Å². The van der Waals surface area contributed by atoms with E-state index in [1.807, 2.05) is 12.1 Å². The fraction of sp³-hybridized carbons (Fsp3) is 0.520. The van der Waals surface area contributed by atoms with Gasteiger partial charge in [0.15, 0.2) is 0 Å². The van der Waals surface area contributed by atoms with Crippen LogP contribution < -0.4 is 10.6 Å². The maximum absolute atomic E-state index is 13.0. The van der Waals surface area contributed by atoms with Crippen molar-refractivity contribution in [3.8, 4) is 6.07 Å². The molecule has 6 heteroatoms. The Morgan fingerprint density at radius 3 is 2.65 bits per heavy atom. The summed E-state index contributed by atoms with van der Waals surface area (Å²) in [7, 11) is 0. The molecule has 5 nitrogen and oxygen atoms in total. The molecule has 3 aliphatic rings. The molecule has 0 bridgehead atoms. The first-order valence-electron chi connectivity index (χ1n) is 11.3. The standard InChI is InChI=1S/C25H32N4OS/c1-24(11-12-24)19-22(23(30)28-14-13-26)31-25(29-17-15-27-16-18-29)9-7-21(8-10-25)20-5-3-2-4-6-20/h2-9,22,27H,10-12,14-19H2,1H3,(H,28,30). The smallest absolute Gasteiger partial charge is 0.234 e. The van der Waals surface area contributed by atoms with E-state index in [1.54, 1.807) is 11.8 Å². The normalized spacial score (nSPS) is 25.9. The zero-order chi connectivity index (χ0) is 21.7. The van der Waals surface area contributed by atoms with Crippen molar-refractivity contribution in [1.29, 1.82) is 5.26 Å². The second-order valence-corrected chi connectivity index (χ2v) is 10.7. The molecule has 4 rings (SSSR count). The summed E-state index contributed by atoms with van der Waals surface area (Å²) in [6, 6.07) is 12.5. The molecule has 1 amide bonds. The first-order valence-corrected chi connectivity index (χ1v) is 12.1. The number of thioether (sulfide) groups is 1. The molecular weight excluding hydrogens is 404 g/mol. The van der Waals surface area contributed by atoms with E-state index in [4.69, 9.17) is 5.26 Å². The van der Waals surface area contributed by atoms with Crippen LogP contribution in [-0.2, 0) is 4.79 Å². The lowest BCUT2D eigenvalue weighted by atomic mass is 9.95. The first kappa shape index (κ1) is 22.1. The SMILES string of the molecule is CC1(CC(SC2(N3CCNCC3)C=CC(c3ccccc3)=CC2)C(=O)NCC#N)CC1. The van der Waals surface area contributed by atoms with Gasteiger partial charge >= 0.3 is 0 Å². The fourth-order valence-electron chi connectivity index (χ4n) is 4.44. The summed E-state index contributed by atoms with van der Waals surface area (Å²) in [6.45, 7) is 6.22. The average molecular weight is 437 g/mol. The molecule has 0 spiro atoms. The number of carbonyl (C=O) groups excluding carboxylic acids is 1. The lowest BCUT2D eigenvalue weighted by Crippen LogP contribution is -2.55. The molecule has 2 aliphatic carbocycles. The van der Waals surface area contributed by atoms with E-state index in [9.17, 15) is 4.79 Å². The summed E-state index contributed by atoms with van der Waals surface area (Å²) in [5.41, 5.74) is 2.73. The van der Waals surface area contributed by atoms with Crippen LogP contribution in [-0.4, -0.2) is 53.7 Å². The van der Waals surface area contributed by atoms with E-state index in [1.165, 1.54) is 24.0 Å². The third kappa shape index (κ3) is 5.41. The van der Waals surface area contributed by atoms with Gasteiger partial charge in [-0.05, 0) is 42.2 Å². The summed E-state index contributed by atoms with van der Waals surface area (Å²) in [5, 5.41) is 15.1. The minimum Gasteiger partial charge on any atom is -0.342 e. The molecule has 1 aliphatic heterocycles. The van der Waals surface area contributed by atoms with Crippen molar-refractivity contribution in [1.82, 2.24) is 15.5 Å². The molecule has 1 aromatic rings. The van der Waals surface area contributed by atoms with Gasteiger partial charge in [-0.25, -0.2) is 0 Å². The average Bonchev–Trinajstić information content (AvgIpc) is 3.55. The summed E-state index contributed by atoms with van der Waals surface area (Å²) < 4.78 is 0. The summed E-state index contributed by atoms with van der Waals surface area (Å²) >= 11 is 1.79. The lowest BCUT2D eigenvalue weighted by molar-refractivity contribution is -0.120. The van der Waals surface area contributed by atoms with E-state index in [-0.39, 0.29) is 28.0 Å². The number of nitrogens with zero attached hydrogens (tertiary/aromatic N) is 2. The van der Waals surface area contributed by atoms with Crippen LogP contribution in [0.3, 0.4) is 0 Å². The number of hydrogen-bond acceptors (Lipinski definition) is 5. The molecule has 1 aromatic carbocycles. The molecule has 164 valence electrons. The topological polar surface area (TPSA) is 68.2 Å². The summed E-state index contributed by atoms with van der Waals surface area (Å²) in [6.07, 6.45) is 11.0. The Morgan fingerprint density at radius 1 is 1.29 bits per heavy atom. The maximum Gasteiger partial charge on any atom is 0.234 e. The van der Waals surface area contributed by atoms with Crippen LogP contribution in [0, 0.1) is 16.7 Å². The molecule has 2 fully saturated rings. The molecule has 2 N–H and O–H groups in total. The number of nitriles is 1. The van der Waals surface area contributed by atoms with Crippen LogP contribution in [0.1, 0.15) is 38.2 Å². The second kappa shape index (κ2) is 9.60. The van der Waals surface area contributed by atoms with Crippen molar-refractivity contribution >= 4 is 23.2 Å². The van der Waals surface area contributed by atoms with Crippen molar-refractivity contribution in [2.24, 2.45) is 5.41 Å². The zero-order valence-electron chi connectivity index (χ0n) is 18.3. The lowest BCUT2D eigenvalue weighted by Gasteiger charge is -2.46. The van der Waals surface area contributed by atoms with E-state index in [0.29, 0.717) is 0 Å². The number of piperazine rings is 1. The van der Waals surface area contributed by atoms with E-state index < -0.39 is 0 Å². The molecule has 1 heterocycles. The third-order valence-corrected chi connectivity index (χ3v) is 8.29. The number of benzene rings is 1. The van der Waals surface area contributed by atoms with Crippen LogP contribution >= 0.6 is 11.8 Å². The van der Waals surface area contributed by atoms with E-state index in [2.05, 4.69) is 65.0 Å². The van der Waals surface area contributed by atoms with Crippen molar-refractivity contribution in [2.45, 2.75) is 42.7 Å². The molecule has 2 unspecified atom stereocenters. The van der Waals surface area contributed by atoms with Crippen molar-refractivity contribution < 1.29 is 4.79 Å². The Balaban J connectivity index is 1.58. The predicted octanol–water partition coefficient (Wildman–Crippen LogP) is 3.56. The zero-order valence-corrected chi connectivity index (χ0v) is 19.1. The van der Waals surface area contributed by atoms with Gasteiger partial charge in [0.05, 0.1) is 16.2 Å². The highest BCUT2D eigenvalue weighted by atomic mass is 32.2. The number of carbonyl (C=O) groups is 1.